The molecule has 1 heterocycles. The van der Waals surface area contributed by atoms with Gasteiger partial charge < -0.3 is 14.7 Å². The van der Waals surface area contributed by atoms with Crippen LogP contribution in [0, 0.1) is 13.8 Å². The molecular weight excluding hydrogens is 450 g/mol. The molecule has 0 spiro atoms. The smallest absolute Gasteiger partial charge is 0.295 e. The van der Waals surface area contributed by atoms with Crippen molar-refractivity contribution >= 4 is 17.4 Å². The second kappa shape index (κ2) is 9.65. The Hall–Kier alpha value is -3.86. The zero-order valence-corrected chi connectivity index (χ0v) is 21.8. The number of carbonyl (C=O) groups excluding carboxylic acids is 2. The molecule has 5 nitrogen and oxygen atoms in total. The third kappa shape index (κ3) is 4.78. The second-order valence-electron chi connectivity index (χ2n) is 10.5. The molecule has 4 rings (SSSR count). The van der Waals surface area contributed by atoms with Gasteiger partial charge in [-0.2, -0.15) is 0 Å². The van der Waals surface area contributed by atoms with E-state index in [0.29, 0.717) is 11.3 Å². The molecule has 1 aliphatic rings. The molecule has 5 heteroatoms. The van der Waals surface area contributed by atoms with E-state index in [0.717, 1.165) is 27.8 Å². The van der Waals surface area contributed by atoms with Gasteiger partial charge >= 0.3 is 0 Å². The highest BCUT2D eigenvalue weighted by Crippen LogP contribution is 2.41. The van der Waals surface area contributed by atoms with Crippen molar-refractivity contribution in [1.29, 1.82) is 0 Å². The SMILES string of the molecule is COc1cccc(CN2C(=O)C(=O)/C(=C(/O)c3cc(C(C)(C)C)ccc3C)C2c2cccc(C)c2)c1. The van der Waals surface area contributed by atoms with Crippen LogP contribution >= 0.6 is 0 Å². The van der Waals surface area contributed by atoms with Crippen molar-refractivity contribution in [3.63, 3.8) is 0 Å². The van der Waals surface area contributed by atoms with E-state index in [-0.39, 0.29) is 23.3 Å². The Bertz CT molecular complexity index is 1360. The minimum absolute atomic E-state index is 0.114. The third-order valence-electron chi connectivity index (χ3n) is 6.74. The summed E-state index contributed by atoms with van der Waals surface area (Å²) >= 11 is 0. The van der Waals surface area contributed by atoms with Crippen LogP contribution in [0.15, 0.2) is 72.3 Å². The van der Waals surface area contributed by atoms with Crippen LogP contribution in [0.25, 0.3) is 5.76 Å². The van der Waals surface area contributed by atoms with Crippen LogP contribution in [0.5, 0.6) is 5.75 Å². The van der Waals surface area contributed by atoms with Gasteiger partial charge in [-0.15, -0.1) is 0 Å². The molecule has 1 aliphatic heterocycles. The molecule has 0 bridgehead atoms. The van der Waals surface area contributed by atoms with Crippen molar-refractivity contribution in [2.75, 3.05) is 7.11 Å². The predicted octanol–water partition coefficient (Wildman–Crippen LogP) is 6.23. The summed E-state index contributed by atoms with van der Waals surface area (Å²) in [6.45, 7) is 10.4. The molecular formula is C31H33NO4. The Morgan fingerprint density at radius 3 is 2.36 bits per heavy atom. The quantitative estimate of drug-likeness (QED) is 0.265. The lowest BCUT2D eigenvalue weighted by Crippen LogP contribution is -2.29. The summed E-state index contributed by atoms with van der Waals surface area (Å²) in [5.41, 5.74) is 5.03. The second-order valence-corrected chi connectivity index (χ2v) is 10.5. The van der Waals surface area contributed by atoms with Gasteiger partial charge in [0.25, 0.3) is 11.7 Å². The fourth-order valence-electron chi connectivity index (χ4n) is 4.69. The number of carbonyl (C=O) groups is 2. The number of aliphatic hydroxyl groups is 1. The molecule has 0 aromatic heterocycles. The highest BCUT2D eigenvalue weighted by molar-refractivity contribution is 6.46. The number of likely N-dealkylation sites (tertiary alicyclic amines) is 1. The Morgan fingerprint density at radius 2 is 1.69 bits per heavy atom. The first kappa shape index (κ1) is 25.2. The molecule has 1 amide bonds. The third-order valence-corrected chi connectivity index (χ3v) is 6.74. The average molecular weight is 484 g/mol. The number of Topliss-reactive ketones (excluding diaryl/α,β-unsaturated/α-hetero) is 1. The molecule has 3 aromatic rings. The van der Waals surface area contributed by atoms with Gasteiger partial charge in [-0.3, -0.25) is 9.59 Å². The molecule has 0 saturated carbocycles. The van der Waals surface area contributed by atoms with E-state index >= 15 is 0 Å². The van der Waals surface area contributed by atoms with Gasteiger partial charge in [-0.05, 0) is 59.7 Å². The number of hydrogen-bond acceptors (Lipinski definition) is 4. The number of nitrogens with zero attached hydrogens (tertiary/aromatic N) is 1. The van der Waals surface area contributed by atoms with Crippen LogP contribution < -0.4 is 4.74 Å². The predicted molar refractivity (Wildman–Crippen MR) is 142 cm³/mol. The number of amides is 1. The molecule has 3 aromatic carbocycles. The molecule has 1 fully saturated rings. The Balaban J connectivity index is 1.90. The lowest BCUT2D eigenvalue weighted by molar-refractivity contribution is -0.140. The van der Waals surface area contributed by atoms with Crippen molar-refractivity contribution in [2.45, 2.75) is 52.6 Å². The molecule has 1 atom stereocenters. The van der Waals surface area contributed by atoms with Crippen LogP contribution in [-0.2, 0) is 21.5 Å². The van der Waals surface area contributed by atoms with Crippen LogP contribution in [0.2, 0.25) is 0 Å². The number of ketones is 1. The maximum absolute atomic E-state index is 13.5. The number of rotatable bonds is 5. The van der Waals surface area contributed by atoms with Gasteiger partial charge in [-0.25, -0.2) is 0 Å². The molecule has 0 radical (unpaired) electrons. The zero-order valence-electron chi connectivity index (χ0n) is 21.8. The van der Waals surface area contributed by atoms with Crippen molar-refractivity contribution in [3.05, 3.63) is 106 Å². The molecule has 0 aliphatic carbocycles. The molecule has 1 N–H and O–H groups in total. The van der Waals surface area contributed by atoms with E-state index in [2.05, 4.69) is 20.8 Å². The highest BCUT2D eigenvalue weighted by Gasteiger charge is 2.46. The lowest BCUT2D eigenvalue weighted by atomic mass is 9.84. The van der Waals surface area contributed by atoms with Gasteiger partial charge in [0.2, 0.25) is 0 Å². The number of aliphatic hydroxyl groups excluding tert-OH is 1. The minimum atomic E-state index is -0.714. The maximum atomic E-state index is 13.5. The number of methoxy groups -OCH3 is 1. The number of aryl methyl sites for hydroxylation is 2. The summed E-state index contributed by atoms with van der Waals surface area (Å²) in [5, 5.41) is 11.6. The van der Waals surface area contributed by atoms with Crippen LogP contribution in [0.1, 0.15) is 60.2 Å². The Kier molecular flexibility index (Phi) is 6.77. The number of hydrogen-bond donors (Lipinski definition) is 1. The summed E-state index contributed by atoms with van der Waals surface area (Å²) in [5.74, 6) is -0.777. The van der Waals surface area contributed by atoms with Gasteiger partial charge in [0.15, 0.2) is 0 Å². The zero-order chi connectivity index (χ0) is 26.2. The van der Waals surface area contributed by atoms with Gasteiger partial charge in [0.1, 0.15) is 11.5 Å². The number of benzene rings is 3. The summed E-state index contributed by atoms with van der Waals surface area (Å²) in [7, 11) is 1.59. The number of ether oxygens (including phenoxy) is 1. The van der Waals surface area contributed by atoms with E-state index in [1.165, 1.54) is 0 Å². The summed E-state index contributed by atoms with van der Waals surface area (Å²) in [4.78, 5) is 28.4. The van der Waals surface area contributed by atoms with E-state index in [1.54, 1.807) is 12.0 Å². The van der Waals surface area contributed by atoms with Crippen molar-refractivity contribution in [2.24, 2.45) is 0 Å². The minimum Gasteiger partial charge on any atom is -0.507 e. The first-order valence-corrected chi connectivity index (χ1v) is 12.1. The van der Waals surface area contributed by atoms with Crippen LogP contribution in [-0.4, -0.2) is 28.8 Å². The van der Waals surface area contributed by atoms with Crippen molar-refractivity contribution in [3.8, 4) is 5.75 Å². The Morgan fingerprint density at radius 1 is 0.972 bits per heavy atom. The van der Waals surface area contributed by atoms with Crippen molar-refractivity contribution in [1.82, 2.24) is 4.90 Å². The fraction of sp³-hybridized carbons (Fsp3) is 0.290. The topological polar surface area (TPSA) is 66.8 Å². The van der Waals surface area contributed by atoms with Crippen LogP contribution in [0.3, 0.4) is 0 Å². The van der Waals surface area contributed by atoms with Crippen LogP contribution in [0.4, 0.5) is 0 Å². The first-order chi connectivity index (χ1) is 17.0. The van der Waals surface area contributed by atoms with Crippen molar-refractivity contribution < 1.29 is 19.4 Å². The standard InChI is InChI=1S/C31H33NO4/c1-19-9-7-11-22(15-19)27-26(28(33)25-17-23(31(3,4)5)14-13-20(25)2)29(34)30(35)32(27)18-21-10-8-12-24(16-21)36-6/h7-17,27,33H,18H2,1-6H3/b28-26+. The van der Waals surface area contributed by atoms with E-state index in [1.807, 2.05) is 80.6 Å². The van der Waals surface area contributed by atoms with E-state index in [9.17, 15) is 14.7 Å². The monoisotopic (exact) mass is 483 g/mol. The first-order valence-electron chi connectivity index (χ1n) is 12.1. The molecule has 1 saturated heterocycles. The Labute approximate surface area is 213 Å². The molecule has 186 valence electrons. The van der Waals surface area contributed by atoms with Gasteiger partial charge in [0.05, 0.1) is 18.7 Å². The van der Waals surface area contributed by atoms with Gasteiger partial charge in [-0.1, -0.05) is 74.9 Å². The summed E-state index contributed by atoms with van der Waals surface area (Å²) in [6.07, 6.45) is 0. The van der Waals surface area contributed by atoms with E-state index < -0.39 is 17.7 Å². The van der Waals surface area contributed by atoms with E-state index in [4.69, 9.17) is 4.74 Å². The average Bonchev–Trinajstić information content (AvgIpc) is 3.08. The molecule has 1 unspecified atom stereocenters. The maximum Gasteiger partial charge on any atom is 0.295 e. The summed E-state index contributed by atoms with van der Waals surface area (Å²) < 4.78 is 5.34. The fourth-order valence-corrected chi connectivity index (χ4v) is 4.69. The summed E-state index contributed by atoms with van der Waals surface area (Å²) in [6, 6.07) is 20.4. The molecule has 36 heavy (non-hydrogen) atoms. The largest absolute Gasteiger partial charge is 0.507 e. The normalized spacial score (nSPS) is 17.5. The lowest BCUT2D eigenvalue weighted by Gasteiger charge is -2.26. The van der Waals surface area contributed by atoms with Gasteiger partial charge in [0, 0.05) is 12.1 Å². The highest BCUT2D eigenvalue weighted by atomic mass is 16.5.